The molecule has 0 bridgehead atoms. The summed E-state index contributed by atoms with van der Waals surface area (Å²) >= 11 is 1.26. The zero-order valence-electron chi connectivity index (χ0n) is 17.9. The summed E-state index contributed by atoms with van der Waals surface area (Å²) in [7, 11) is 1.24. The van der Waals surface area contributed by atoms with Gasteiger partial charge in [0.1, 0.15) is 12.9 Å². The normalized spacial score (nSPS) is 10.5. The van der Waals surface area contributed by atoms with E-state index in [9.17, 15) is 14.4 Å². The topological polar surface area (TPSA) is 115 Å². The predicted octanol–water partition coefficient (Wildman–Crippen LogP) is 2.52. The fraction of sp³-hybridized carbons (Fsp3) is 0.227. The second kappa shape index (κ2) is 10.6. The van der Waals surface area contributed by atoms with Crippen molar-refractivity contribution >= 4 is 35.2 Å². The number of hydrogen-bond acceptors (Lipinski definition) is 7. The summed E-state index contributed by atoms with van der Waals surface area (Å²) in [5, 5.41) is 13.9. The highest BCUT2D eigenvalue weighted by atomic mass is 32.2. The van der Waals surface area contributed by atoms with Crippen molar-refractivity contribution in [3.05, 3.63) is 65.5 Å². The van der Waals surface area contributed by atoms with Gasteiger partial charge in [0, 0.05) is 16.9 Å². The van der Waals surface area contributed by atoms with Crippen molar-refractivity contribution < 1.29 is 19.1 Å². The van der Waals surface area contributed by atoms with Gasteiger partial charge in [0.25, 0.3) is 5.91 Å². The largest absolute Gasteiger partial charge is 0.468 e. The van der Waals surface area contributed by atoms with E-state index in [1.165, 1.54) is 30.5 Å². The molecular formula is C22H23N5O4S. The van der Waals surface area contributed by atoms with Gasteiger partial charge in [-0.2, -0.15) is 0 Å². The Labute approximate surface area is 189 Å². The van der Waals surface area contributed by atoms with Gasteiger partial charge < -0.3 is 15.4 Å². The van der Waals surface area contributed by atoms with Crippen LogP contribution >= 0.6 is 11.8 Å². The molecule has 0 aliphatic carbocycles. The molecule has 1 aromatic heterocycles. The molecule has 32 heavy (non-hydrogen) atoms. The van der Waals surface area contributed by atoms with Crippen LogP contribution in [0, 0.1) is 13.8 Å². The lowest BCUT2D eigenvalue weighted by atomic mass is 10.1. The van der Waals surface area contributed by atoms with Gasteiger partial charge in [-0.3, -0.25) is 19.0 Å². The summed E-state index contributed by atoms with van der Waals surface area (Å²) in [5.41, 5.74) is 4.05. The lowest BCUT2D eigenvalue weighted by Gasteiger charge is -2.09. The first-order valence-electron chi connectivity index (χ1n) is 9.72. The van der Waals surface area contributed by atoms with Gasteiger partial charge in [0.05, 0.1) is 12.9 Å². The number of benzene rings is 2. The molecule has 1 heterocycles. The molecule has 2 amide bonds. The third kappa shape index (κ3) is 5.94. The zero-order chi connectivity index (χ0) is 23.1. The molecule has 0 unspecified atom stereocenters. The second-order valence-corrected chi connectivity index (χ2v) is 7.87. The molecule has 3 aromatic rings. The van der Waals surface area contributed by atoms with E-state index in [0.29, 0.717) is 16.4 Å². The van der Waals surface area contributed by atoms with Gasteiger partial charge in [-0.15, -0.1) is 10.2 Å². The maximum atomic E-state index is 12.4. The molecule has 0 aliphatic heterocycles. The molecule has 0 atom stereocenters. The van der Waals surface area contributed by atoms with E-state index in [2.05, 4.69) is 25.6 Å². The van der Waals surface area contributed by atoms with Crippen molar-refractivity contribution in [3.63, 3.8) is 0 Å². The van der Waals surface area contributed by atoms with Crippen LogP contribution in [0.1, 0.15) is 21.5 Å². The molecule has 3 rings (SSSR count). The van der Waals surface area contributed by atoms with Crippen LogP contribution in [0.2, 0.25) is 0 Å². The Kier molecular flexibility index (Phi) is 7.61. The number of ether oxygens (including phenoxy) is 1. The van der Waals surface area contributed by atoms with E-state index in [0.717, 1.165) is 11.3 Å². The second-order valence-electron chi connectivity index (χ2n) is 6.93. The Morgan fingerprint density at radius 2 is 1.91 bits per heavy atom. The maximum Gasteiger partial charge on any atom is 0.325 e. The van der Waals surface area contributed by atoms with Crippen LogP contribution < -0.4 is 10.6 Å². The van der Waals surface area contributed by atoms with Crippen molar-refractivity contribution in [2.45, 2.75) is 19.0 Å². The van der Waals surface area contributed by atoms with Crippen molar-refractivity contribution in [1.82, 2.24) is 20.1 Å². The number of carbonyl (C=O) groups is 3. The van der Waals surface area contributed by atoms with Crippen molar-refractivity contribution in [3.8, 4) is 5.69 Å². The van der Waals surface area contributed by atoms with Crippen LogP contribution in [0.3, 0.4) is 0 Å². The number of methoxy groups -OCH3 is 1. The van der Waals surface area contributed by atoms with E-state index in [1.807, 2.05) is 36.6 Å². The molecule has 0 spiro atoms. The Morgan fingerprint density at radius 3 is 2.66 bits per heavy atom. The third-order valence-electron chi connectivity index (χ3n) is 4.65. The lowest BCUT2D eigenvalue weighted by Crippen LogP contribution is -2.30. The number of carbonyl (C=O) groups excluding carboxylic acids is 3. The molecule has 0 saturated heterocycles. The average molecular weight is 454 g/mol. The van der Waals surface area contributed by atoms with E-state index < -0.39 is 11.9 Å². The first-order chi connectivity index (χ1) is 15.4. The van der Waals surface area contributed by atoms with Crippen molar-refractivity contribution in [2.24, 2.45) is 0 Å². The summed E-state index contributed by atoms with van der Waals surface area (Å²) in [5.74, 6) is -1.13. The van der Waals surface area contributed by atoms with Gasteiger partial charge in [-0.05, 0) is 55.3 Å². The van der Waals surface area contributed by atoms with Crippen molar-refractivity contribution in [1.29, 1.82) is 0 Å². The predicted molar refractivity (Wildman–Crippen MR) is 121 cm³/mol. The summed E-state index contributed by atoms with van der Waals surface area (Å²) in [6.45, 7) is 3.85. The maximum absolute atomic E-state index is 12.4. The van der Waals surface area contributed by atoms with E-state index in [4.69, 9.17) is 0 Å². The molecule has 10 heteroatoms. The van der Waals surface area contributed by atoms with E-state index in [1.54, 1.807) is 24.5 Å². The zero-order valence-corrected chi connectivity index (χ0v) is 18.7. The summed E-state index contributed by atoms with van der Waals surface area (Å²) in [4.78, 5) is 35.8. The molecule has 9 nitrogen and oxygen atoms in total. The first-order valence-corrected chi connectivity index (χ1v) is 10.7. The highest BCUT2D eigenvalue weighted by molar-refractivity contribution is 7.99. The lowest BCUT2D eigenvalue weighted by molar-refractivity contribution is -0.139. The number of nitrogens with zero attached hydrogens (tertiary/aromatic N) is 3. The number of thioether (sulfide) groups is 1. The Bertz CT molecular complexity index is 1140. The molecule has 0 aliphatic rings. The molecule has 0 radical (unpaired) electrons. The molecular weight excluding hydrogens is 430 g/mol. The van der Waals surface area contributed by atoms with Crippen LogP contribution in [-0.2, 0) is 14.3 Å². The summed E-state index contributed by atoms with van der Waals surface area (Å²) in [6, 6.07) is 12.5. The number of nitrogens with one attached hydrogen (secondary N) is 2. The Hall–Kier alpha value is -3.66. The first kappa shape index (κ1) is 23.0. The minimum atomic E-state index is -0.548. The van der Waals surface area contributed by atoms with Gasteiger partial charge in [0.2, 0.25) is 5.91 Å². The summed E-state index contributed by atoms with van der Waals surface area (Å²) in [6.07, 6.45) is 1.61. The fourth-order valence-electron chi connectivity index (χ4n) is 2.77. The SMILES string of the molecule is COC(=O)CNC(=O)c1cccc(NC(=O)CSc2nncn2-c2ccc(C)c(C)c2)c1. The van der Waals surface area contributed by atoms with Crippen molar-refractivity contribution in [2.75, 3.05) is 24.7 Å². The van der Waals surface area contributed by atoms with Crippen LogP contribution in [0.4, 0.5) is 5.69 Å². The van der Waals surface area contributed by atoms with Gasteiger partial charge >= 0.3 is 5.97 Å². The minimum Gasteiger partial charge on any atom is -0.468 e. The fourth-order valence-corrected chi connectivity index (χ4v) is 3.50. The van der Waals surface area contributed by atoms with Crippen LogP contribution in [0.25, 0.3) is 5.69 Å². The van der Waals surface area contributed by atoms with E-state index >= 15 is 0 Å². The summed E-state index contributed by atoms with van der Waals surface area (Å²) < 4.78 is 6.32. The monoisotopic (exact) mass is 453 g/mol. The van der Waals surface area contributed by atoms with Crippen LogP contribution in [-0.4, -0.2) is 52.0 Å². The highest BCUT2D eigenvalue weighted by Gasteiger charge is 2.13. The number of aryl methyl sites for hydroxylation is 2. The highest BCUT2D eigenvalue weighted by Crippen LogP contribution is 2.21. The van der Waals surface area contributed by atoms with Gasteiger partial charge in [-0.1, -0.05) is 23.9 Å². The van der Waals surface area contributed by atoms with Gasteiger partial charge in [0.15, 0.2) is 5.16 Å². The number of hydrogen-bond donors (Lipinski definition) is 2. The number of amides is 2. The minimum absolute atomic E-state index is 0.113. The number of rotatable bonds is 8. The number of esters is 1. The average Bonchev–Trinajstić information content (AvgIpc) is 3.26. The van der Waals surface area contributed by atoms with E-state index in [-0.39, 0.29) is 18.2 Å². The number of anilines is 1. The molecule has 166 valence electrons. The third-order valence-corrected chi connectivity index (χ3v) is 5.59. The van der Waals surface area contributed by atoms with Crippen LogP contribution in [0.15, 0.2) is 53.9 Å². The van der Waals surface area contributed by atoms with Crippen LogP contribution in [0.5, 0.6) is 0 Å². The quantitative estimate of drug-likeness (QED) is 0.398. The molecule has 2 aromatic carbocycles. The Morgan fingerprint density at radius 1 is 1.09 bits per heavy atom. The Balaban J connectivity index is 1.59. The molecule has 0 saturated carbocycles. The molecule has 2 N–H and O–H groups in total. The standard InChI is InChI=1S/C22H23N5O4S/c1-14-7-8-18(9-15(14)2)27-13-24-26-22(27)32-12-19(28)25-17-6-4-5-16(10-17)21(30)23-11-20(29)31-3/h4-10,13H,11-12H2,1-3H3,(H,23,30)(H,25,28). The smallest absolute Gasteiger partial charge is 0.325 e. The number of aromatic nitrogens is 3. The van der Waals surface area contributed by atoms with Gasteiger partial charge in [-0.25, -0.2) is 0 Å². The molecule has 0 fully saturated rings.